The second-order valence-electron chi connectivity index (χ2n) is 6.48. The molecule has 0 saturated heterocycles. The summed E-state index contributed by atoms with van der Waals surface area (Å²) >= 11 is 0. The first-order valence-electron chi connectivity index (χ1n) is 8.49. The number of carboxylic acid groups (broad SMARTS) is 1. The van der Waals surface area contributed by atoms with E-state index in [1.807, 2.05) is 0 Å². The van der Waals surface area contributed by atoms with Crippen molar-refractivity contribution in [2.24, 2.45) is 0 Å². The fraction of sp³-hybridized carbons (Fsp3) is 0.316. The first-order valence-corrected chi connectivity index (χ1v) is 8.49. The normalized spacial score (nSPS) is 14.4. The summed E-state index contributed by atoms with van der Waals surface area (Å²) < 4.78 is 91.4. The summed E-state index contributed by atoms with van der Waals surface area (Å²) in [6.07, 6.45) is -8.67. The molecule has 0 spiro atoms. The molecule has 11 heteroatoms. The second-order valence-corrected chi connectivity index (χ2v) is 6.48. The van der Waals surface area contributed by atoms with Crippen molar-refractivity contribution >= 4 is 5.97 Å². The van der Waals surface area contributed by atoms with Gasteiger partial charge in [-0.25, -0.2) is 4.79 Å². The van der Waals surface area contributed by atoms with E-state index < -0.39 is 35.4 Å². The minimum absolute atomic E-state index is 0.0986. The third-order valence-electron chi connectivity index (χ3n) is 4.29. The molecule has 0 radical (unpaired) electrons. The van der Waals surface area contributed by atoms with Crippen LogP contribution in [0.2, 0.25) is 0 Å². The van der Waals surface area contributed by atoms with Crippen LogP contribution in [-0.2, 0) is 6.18 Å². The molecule has 2 aromatic carbocycles. The Hall–Kier alpha value is -3.11. The SMILES string of the molecule is COc1cc(OC(F)(F)F)ccc1Oc1cc(C2CC2)c(C(F)(F)F)cc1C(=O)O. The Bertz CT molecular complexity index is 963. The van der Waals surface area contributed by atoms with Gasteiger partial charge in [0.2, 0.25) is 0 Å². The van der Waals surface area contributed by atoms with Gasteiger partial charge < -0.3 is 19.3 Å². The average Bonchev–Trinajstić information content (AvgIpc) is 3.45. The summed E-state index contributed by atoms with van der Waals surface area (Å²) in [7, 11) is 1.13. The lowest BCUT2D eigenvalue weighted by Crippen LogP contribution is -2.17. The molecule has 0 amide bonds. The number of carboxylic acids is 1. The molecule has 1 saturated carbocycles. The predicted molar refractivity (Wildman–Crippen MR) is 90.1 cm³/mol. The van der Waals surface area contributed by atoms with Gasteiger partial charge in [0.25, 0.3) is 0 Å². The summed E-state index contributed by atoms with van der Waals surface area (Å²) in [5.74, 6) is -3.47. The maximum atomic E-state index is 13.4. The van der Waals surface area contributed by atoms with Crippen molar-refractivity contribution in [2.75, 3.05) is 7.11 Å². The van der Waals surface area contributed by atoms with Crippen molar-refractivity contribution < 1.29 is 50.5 Å². The smallest absolute Gasteiger partial charge is 0.493 e. The quantitative estimate of drug-likeness (QED) is 0.565. The van der Waals surface area contributed by atoms with Crippen LogP contribution in [0.4, 0.5) is 26.3 Å². The molecule has 0 bridgehead atoms. The molecular formula is C19H14F6O5. The number of ether oxygens (including phenoxy) is 3. The molecule has 162 valence electrons. The molecule has 5 nitrogen and oxygen atoms in total. The third kappa shape index (κ3) is 4.89. The fourth-order valence-electron chi connectivity index (χ4n) is 2.87. The van der Waals surface area contributed by atoms with E-state index in [2.05, 4.69) is 4.74 Å². The van der Waals surface area contributed by atoms with E-state index in [4.69, 9.17) is 9.47 Å². The highest BCUT2D eigenvalue weighted by Crippen LogP contribution is 2.48. The van der Waals surface area contributed by atoms with Gasteiger partial charge in [0.15, 0.2) is 11.5 Å². The van der Waals surface area contributed by atoms with Crippen molar-refractivity contribution in [1.29, 1.82) is 0 Å². The van der Waals surface area contributed by atoms with E-state index in [0.29, 0.717) is 18.9 Å². The monoisotopic (exact) mass is 436 g/mol. The van der Waals surface area contributed by atoms with Gasteiger partial charge in [-0.15, -0.1) is 13.2 Å². The number of rotatable bonds is 6. The van der Waals surface area contributed by atoms with Crippen molar-refractivity contribution in [1.82, 2.24) is 0 Å². The molecule has 1 N–H and O–H groups in total. The number of hydrogen-bond donors (Lipinski definition) is 1. The Balaban J connectivity index is 2.04. The fourth-order valence-corrected chi connectivity index (χ4v) is 2.87. The molecule has 0 atom stereocenters. The Labute approximate surface area is 165 Å². The number of carbonyl (C=O) groups is 1. The van der Waals surface area contributed by atoms with E-state index in [0.717, 1.165) is 31.4 Å². The highest BCUT2D eigenvalue weighted by molar-refractivity contribution is 5.91. The number of aromatic carboxylic acids is 1. The summed E-state index contributed by atoms with van der Waals surface area (Å²) in [4.78, 5) is 11.5. The Kier molecular flexibility index (Phi) is 5.48. The largest absolute Gasteiger partial charge is 0.573 e. The molecule has 2 aromatic rings. The molecule has 0 unspecified atom stereocenters. The van der Waals surface area contributed by atoms with Crippen LogP contribution in [0, 0.1) is 0 Å². The summed E-state index contributed by atoms with van der Waals surface area (Å²) in [6, 6.07) is 4.29. The van der Waals surface area contributed by atoms with Gasteiger partial charge in [0, 0.05) is 6.07 Å². The van der Waals surface area contributed by atoms with Crippen LogP contribution >= 0.6 is 0 Å². The van der Waals surface area contributed by atoms with E-state index in [1.165, 1.54) is 0 Å². The van der Waals surface area contributed by atoms with Gasteiger partial charge in [-0.3, -0.25) is 0 Å². The van der Waals surface area contributed by atoms with Crippen molar-refractivity contribution in [3.63, 3.8) is 0 Å². The zero-order chi connectivity index (χ0) is 22.3. The summed E-state index contributed by atoms with van der Waals surface area (Å²) in [5, 5.41) is 9.35. The summed E-state index contributed by atoms with van der Waals surface area (Å²) in [6.45, 7) is 0. The molecule has 1 aliphatic carbocycles. The number of alkyl halides is 6. The standard InChI is InChI=1S/C19H14F6O5/c1-28-16-6-10(30-19(23,24)25)4-5-14(16)29-15-8-11(9-2-3-9)13(18(20,21)22)7-12(15)17(26)27/h4-9H,2-3H2,1H3,(H,26,27). The van der Waals surface area contributed by atoms with E-state index >= 15 is 0 Å². The van der Waals surface area contributed by atoms with Gasteiger partial charge in [-0.1, -0.05) is 0 Å². The number of benzene rings is 2. The molecular weight excluding hydrogens is 422 g/mol. The Morgan fingerprint density at radius 2 is 1.67 bits per heavy atom. The van der Waals surface area contributed by atoms with E-state index in [-0.39, 0.29) is 28.7 Å². The minimum Gasteiger partial charge on any atom is -0.493 e. The van der Waals surface area contributed by atoms with Gasteiger partial charge in [-0.05, 0) is 48.6 Å². The van der Waals surface area contributed by atoms with Gasteiger partial charge in [-0.2, -0.15) is 13.2 Å². The number of halogens is 6. The Morgan fingerprint density at radius 3 is 2.17 bits per heavy atom. The molecule has 30 heavy (non-hydrogen) atoms. The van der Waals surface area contributed by atoms with Crippen LogP contribution < -0.4 is 14.2 Å². The molecule has 0 aliphatic heterocycles. The van der Waals surface area contributed by atoms with E-state index in [9.17, 15) is 36.2 Å². The predicted octanol–water partition coefficient (Wildman–Crippen LogP) is 5.98. The highest BCUT2D eigenvalue weighted by atomic mass is 19.4. The third-order valence-corrected chi connectivity index (χ3v) is 4.29. The van der Waals surface area contributed by atoms with Crippen molar-refractivity contribution in [3.05, 3.63) is 47.0 Å². The molecule has 0 heterocycles. The zero-order valence-electron chi connectivity index (χ0n) is 15.2. The molecule has 0 aromatic heterocycles. The van der Waals surface area contributed by atoms with Gasteiger partial charge in [0.1, 0.15) is 17.1 Å². The van der Waals surface area contributed by atoms with Gasteiger partial charge >= 0.3 is 18.5 Å². The summed E-state index contributed by atoms with van der Waals surface area (Å²) in [5.41, 5.74) is -1.90. The first-order chi connectivity index (χ1) is 13.9. The molecule has 1 aliphatic rings. The molecule has 3 rings (SSSR count). The first kappa shape index (κ1) is 21.6. The van der Waals surface area contributed by atoms with Crippen LogP contribution in [0.15, 0.2) is 30.3 Å². The lowest BCUT2D eigenvalue weighted by molar-refractivity contribution is -0.274. The maximum Gasteiger partial charge on any atom is 0.573 e. The minimum atomic E-state index is -4.95. The Morgan fingerprint density at radius 1 is 1.00 bits per heavy atom. The molecule has 1 fully saturated rings. The van der Waals surface area contributed by atoms with E-state index in [1.54, 1.807) is 0 Å². The average molecular weight is 436 g/mol. The van der Waals surface area contributed by atoms with Crippen LogP contribution in [-0.4, -0.2) is 24.5 Å². The van der Waals surface area contributed by atoms with Crippen molar-refractivity contribution in [2.45, 2.75) is 31.3 Å². The highest BCUT2D eigenvalue weighted by Gasteiger charge is 2.40. The maximum absolute atomic E-state index is 13.4. The van der Waals surface area contributed by atoms with Crippen molar-refractivity contribution in [3.8, 4) is 23.0 Å². The lowest BCUT2D eigenvalue weighted by Gasteiger charge is -2.18. The van der Waals surface area contributed by atoms with Crippen LogP contribution in [0.1, 0.15) is 40.2 Å². The van der Waals surface area contributed by atoms with Crippen LogP contribution in [0.5, 0.6) is 23.0 Å². The van der Waals surface area contributed by atoms with Crippen LogP contribution in [0.3, 0.4) is 0 Å². The number of hydrogen-bond acceptors (Lipinski definition) is 4. The second kappa shape index (κ2) is 7.62. The topological polar surface area (TPSA) is 65.0 Å². The number of methoxy groups -OCH3 is 1. The zero-order valence-corrected chi connectivity index (χ0v) is 15.2. The lowest BCUT2D eigenvalue weighted by atomic mass is 9.98. The van der Waals surface area contributed by atoms with Gasteiger partial charge in [0.05, 0.1) is 12.7 Å². The van der Waals surface area contributed by atoms with Crippen LogP contribution in [0.25, 0.3) is 0 Å².